The predicted molar refractivity (Wildman–Crippen MR) is 98.1 cm³/mol. The van der Waals surface area contributed by atoms with Crippen LogP contribution in [0, 0.1) is 5.82 Å². The van der Waals surface area contributed by atoms with Gasteiger partial charge in [-0.2, -0.15) is 4.31 Å². The van der Waals surface area contributed by atoms with Crippen molar-refractivity contribution in [2.45, 2.75) is 6.42 Å². The Balaban J connectivity index is 2.00. The van der Waals surface area contributed by atoms with Crippen LogP contribution >= 0.6 is 0 Å². The molecule has 1 amide bonds. The first-order valence-electron chi connectivity index (χ1n) is 7.92. The van der Waals surface area contributed by atoms with Crippen LogP contribution in [0.5, 0.6) is 5.75 Å². The van der Waals surface area contributed by atoms with Crippen molar-refractivity contribution >= 4 is 21.6 Å². The molecule has 0 aromatic heterocycles. The van der Waals surface area contributed by atoms with E-state index >= 15 is 0 Å². The van der Waals surface area contributed by atoms with Crippen molar-refractivity contribution in [3.8, 4) is 5.75 Å². The lowest BCUT2D eigenvalue weighted by atomic mass is 10.1. The van der Waals surface area contributed by atoms with E-state index in [0.29, 0.717) is 12.2 Å². The Morgan fingerprint density at radius 3 is 2.38 bits per heavy atom. The summed E-state index contributed by atoms with van der Waals surface area (Å²) < 4.78 is 43.7. The van der Waals surface area contributed by atoms with Crippen molar-refractivity contribution in [2.75, 3.05) is 31.8 Å². The highest BCUT2D eigenvalue weighted by Gasteiger charge is 2.20. The van der Waals surface area contributed by atoms with Crippen LogP contribution in [-0.4, -0.2) is 45.1 Å². The van der Waals surface area contributed by atoms with Gasteiger partial charge in [-0.1, -0.05) is 24.3 Å². The van der Waals surface area contributed by atoms with E-state index in [9.17, 15) is 17.6 Å². The SMILES string of the molecule is COc1ccc(CCN(CC(=O)Nc2ccccc2F)S(C)(=O)=O)cc1. The van der Waals surface area contributed by atoms with Gasteiger partial charge in [-0.25, -0.2) is 12.8 Å². The van der Waals surface area contributed by atoms with Gasteiger partial charge in [-0.05, 0) is 36.2 Å². The molecule has 0 atom stereocenters. The van der Waals surface area contributed by atoms with Crippen molar-refractivity contribution in [1.29, 1.82) is 0 Å². The third kappa shape index (κ3) is 5.82. The highest BCUT2D eigenvalue weighted by molar-refractivity contribution is 7.88. The number of nitrogens with zero attached hydrogens (tertiary/aromatic N) is 1. The molecular weight excluding hydrogens is 359 g/mol. The second-order valence-electron chi connectivity index (χ2n) is 5.72. The molecule has 140 valence electrons. The number of hydrogen-bond acceptors (Lipinski definition) is 4. The van der Waals surface area contributed by atoms with Gasteiger partial charge in [0.25, 0.3) is 0 Å². The summed E-state index contributed by atoms with van der Waals surface area (Å²) >= 11 is 0. The first kappa shape index (κ1) is 19.9. The molecule has 26 heavy (non-hydrogen) atoms. The molecule has 0 aliphatic carbocycles. The Morgan fingerprint density at radius 2 is 1.81 bits per heavy atom. The summed E-state index contributed by atoms with van der Waals surface area (Å²) in [6.45, 7) is -0.251. The highest BCUT2D eigenvalue weighted by atomic mass is 32.2. The molecule has 0 radical (unpaired) electrons. The molecular formula is C18H21FN2O4S. The molecule has 0 spiro atoms. The molecule has 2 aromatic rings. The van der Waals surface area contributed by atoms with Gasteiger partial charge in [-0.15, -0.1) is 0 Å². The van der Waals surface area contributed by atoms with Gasteiger partial charge in [0.05, 0.1) is 25.6 Å². The van der Waals surface area contributed by atoms with E-state index < -0.39 is 21.7 Å². The number of anilines is 1. The van der Waals surface area contributed by atoms with Crippen LogP contribution in [0.3, 0.4) is 0 Å². The maximum Gasteiger partial charge on any atom is 0.239 e. The average molecular weight is 380 g/mol. The molecule has 0 fully saturated rings. The molecule has 2 aromatic carbocycles. The van der Waals surface area contributed by atoms with Gasteiger partial charge in [0.2, 0.25) is 15.9 Å². The number of carbonyl (C=O) groups is 1. The minimum atomic E-state index is -3.59. The van der Waals surface area contributed by atoms with E-state index in [2.05, 4.69) is 5.32 Å². The van der Waals surface area contributed by atoms with E-state index in [0.717, 1.165) is 16.1 Å². The summed E-state index contributed by atoms with van der Waals surface area (Å²) in [7, 11) is -2.03. The Morgan fingerprint density at radius 1 is 1.15 bits per heavy atom. The summed E-state index contributed by atoms with van der Waals surface area (Å²) in [5.74, 6) is -0.474. The topological polar surface area (TPSA) is 75.7 Å². The minimum absolute atomic E-state index is 0.0149. The number of ether oxygens (including phenoxy) is 1. The second kappa shape index (κ2) is 8.77. The smallest absolute Gasteiger partial charge is 0.239 e. The monoisotopic (exact) mass is 380 g/mol. The first-order valence-corrected chi connectivity index (χ1v) is 9.77. The number of amides is 1. The standard InChI is InChI=1S/C18H21FN2O4S/c1-25-15-9-7-14(8-10-15)11-12-21(26(2,23)24)13-18(22)20-17-6-4-3-5-16(17)19/h3-10H,11-13H2,1-2H3,(H,20,22). The Bertz CT molecular complexity index is 854. The van der Waals surface area contributed by atoms with Crippen molar-refractivity contribution in [2.24, 2.45) is 0 Å². The van der Waals surface area contributed by atoms with Crippen LogP contribution in [0.25, 0.3) is 0 Å². The van der Waals surface area contributed by atoms with E-state index in [1.165, 1.54) is 18.2 Å². The van der Waals surface area contributed by atoms with Gasteiger partial charge < -0.3 is 10.1 Å². The van der Waals surface area contributed by atoms with E-state index in [1.807, 2.05) is 12.1 Å². The fourth-order valence-corrected chi connectivity index (χ4v) is 3.10. The van der Waals surface area contributed by atoms with E-state index in [4.69, 9.17) is 4.74 Å². The zero-order valence-electron chi connectivity index (χ0n) is 14.6. The van der Waals surface area contributed by atoms with Gasteiger partial charge in [-0.3, -0.25) is 4.79 Å². The molecule has 1 N–H and O–H groups in total. The number of halogens is 1. The number of para-hydroxylation sites is 1. The Labute approximate surface area is 152 Å². The van der Waals surface area contributed by atoms with Gasteiger partial charge >= 0.3 is 0 Å². The maximum absolute atomic E-state index is 13.6. The quantitative estimate of drug-likeness (QED) is 0.762. The maximum atomic E-state index is 13.6. The van der Waals surface area contributed by atoms with Crippen LogP contribution < -0.4 is 10.1 Å². The number of carbonyl (C=O) groups excluding carboxylic acids is 1. The molecule has 0 aliphatic rings. The molecule has 0 heterocycles. The number of sulfonamides is 1. The number of benzene rings is 2. The van der Waals surface area contributed by atoms with E-state index in [1.54, 1.807) is 25.3 Å². The zero-order chi connectivity index (χ0) is 19.2. The molecule has 0 bridgehead atoms. The molecule has 8 heteroatoms. The van der Waals surface area contributed by atoms with Crippen LogP contribution in [0.1, 0.15) is 5.56 Å². The van der Waals surface area contributed by atoms with Crippen molar-refractivity contribution in [1.82, 2.24) is 4.31 Å². The summed E-state index contributed by atoms with van der Waals surface area (Å²) in [5.41, 5.74) is 0.926. The lowest BCUT2D eigenvalue weighted by Gasteiger charge is -2.19. The Hall–Kier alpha value is -2.45. The van der Waals surface area contributed by atoms with Crippen LogP contribution in [0.4, 0.5) is 10.1 Å². The molecule has 0 saturated carbocycles. The summed E-state index contributed by atoms with van der Waals surface area (Å²) in [6.07, 6.45) is 1.47. The lowest BCUT2D eigenvalue weighted by molar-refractivity contribution is -0.116. The number of methoxy groups -OCH3 is 1. The second-order valence-corrected chi connectivity index (χ2v) is 7.71. The van der Waals surface area contributed by atoms with Crippen molar-refractivity contribution in [3.63, 3.8) is 0 Å². The molecule has 0 aliphatic heterocycles. The molecule has 0 saturated heterocycles. The van der Waals surface area contributed by atoms with Crippen LogP contribution in [0.15, 0.2) is 48.5 Å². The molecule has 2 rings (SSSR count). The van der Waals surface area contributed by atoms with Crippen molar-refractivity contribution in [3.05, 3.63) is 59.9 Å². The third-order valence-corrected chi connectivity index (χ3v) is 5.00. The lowest BCUT2D eigenvalue weighted by Crippen LogP contribution is -2.38. The highest BCUT2D eigenvalue weighted by Crippen LogP contribution is 2.14. The first-order chi connectivity index (χ1) is 12.3. The van der Waals surface area contributed by atoms with Crippen molar-refractivity contribution < 1.29 is 22.3 Å². The fraction of sp³-hybridized carbons (Fsp3) is 0.278. The van der Waals surface area contributed by atoms with Crippen LogP contribution in [0.2, 0.25) is 0 Å². The number of hydrogen-bond donors (Lipinski definition) is 1. The minimum Gasteiger partial charge on any atom is -0.497 e. The van der Waals surface area contributed by atoms with Crippen LogP contribution in [-0.2, 0) is 21.2 Å². The van der Waals surface area contributed by atoms with Gasteiger partial charge in [0.15, 0.2) is 0 Å². The zero-order valence-corrected chi connectivity index (χ0v) is 15.4. The predicted octanol–water partition coefficient (Wildman–Crippen LogP) is 2.28. The largest absolute Gasteiger partial charge is 0.497 e. The third-order valence-electron chi connectivity index (χ3n) is 3.75. The summed E-state index contributed by atoms with van der Waals surface area (Å²) in [5, 5.41) is 2.39. The van der Waals surface area contributed by atoms with Gasteiger partial charge in [0.1, 0.15) is 11.6 Å². The normalized spacial score (nSPS) is 11.4. The fourth-order valence-electron chi connectivity index (χ4n) is 2.32. The molecule has 6 nitrogen and oxygen atoms in total. The van der Waals surface area contributed by atoms with Gasteiger partial charge in [0, 0.05) is 6.54 Å². The summed E-state index contributed by atoms with van der Waals surface area (Å²) in [6, 6.07) is 12.9. The van der Waals surface area contributed by atoms with E-state index in [-0.39, 0.29) is 18.8 Å². The number of nitrogens with one attached hydrogen (secondary N) is 1. The molecule has 0 unspecified atom stereocenters. The Kier molecular flexibility index (Phi) is 6.70. The summed E-state index contributed by atoms with van der Waals surface area (Å²) in [4.78, 5) is 12.1. The average Bonchev–Trinajstić information content (AvgIpc) is 2.60. The number of rotatable bonds is 8.